The van der Waals surface area contributed by atoms with Crippen LogP contribution in [0.1, 0.15) is 43.4 Å². The lowest BCUT2D eigenvalue weighted by molar-refractivity contribution is 0.293. The number of hydrogen-bond donors (Lipinski definition) is 0. The van der Waals surface area contributed by atoms with Crippen LogP contribution in [0.5, 0.6) is 11.5 Å². The van der Waals surface area contributed by atoms with E-state index in [0.717, 1.165) is 41.9 Å². The van der Waals surface area contributed by atoms with Gasteiger partial charge in [0.2, 0.25) is 0 Å². The maximum absolute atomic E-state index is 6.27. The summed E-state index contributed by atoms with van der Waals surface area (Å²) in [5.41, 5.74) is 4.72. The van der Waals surface area contributed by atoms with Crippen molar-refractivity contribution < 1.29 is 9.47 Å². The van der Waals surface area contributed by atoms with Crippen LogP contribution in [0.3, 0.4) is 0 Å². The molecule has 0 spiro atoms. The van der Waals surface area contributed by atoms with Gasteiger partial charge in [0, 0.05) is 17.5 Å². The van der Waals surface area contributed by atoms with E-state index in [1.165, 1.54) is 11.1 Å². The molecule has 0 N–H and O–H groups in total. The molecule has 1 aliphatic rings. The highest BCUT2D eigenvalue weighted by atomic mass is 35.5. The third-order valence-electron chi connectivity index (χ3n) is 4.94. The Hall–Kier alpha value is -2.19. The Morgan fingerprint density at radius 3 is 2.57 bits per heavy atom. The molecular formula is C25H29ClO2. The van der Waals surface area contributed by atoms with E-state index in [1.54, 1.807) is 0 Å². The van der Waals surface area contributed by atoms with Crippen molar-refractivity contribution in [2.75, 3.05) is 12.5 Å². The molecule has 0 fully saturated rings. The molecule has 0 bridgehead atoms. The summed E-state index contributed by atoms with van der Waals surface area (Å²) in [5, 5.41) is 0. The number of aryl methyl sites for hydroxylation is 1. The van der Waals surface area contributed by atoms with Crippen molar-refractivity contribution in [2.24, 2.45) is 5.92 Å². The highest BCUT2D eigenvalue weighted by Gasteiger charge is 2.16. The summed E-state index contributed by atoms with van der Waals surface area (Å²) in [7, 11) is 0. The number of alkyl halides is 1. The van der Waals surface area contributed by atoms with E-state index < -0.39 is 0 Å². The Balaban J connectivity index is 1.92. The fraction of sp³-hybridized carbons (Fsp3) is 0.360. The van der Waals surface area contributed by atoms with Crippen molar-refractivity contribution in [3.63, 3.8) is 0 Å². The summed E-state index contributed by atoms with van der Waals surface area (Å²) >= 11 is 5.81. The first-order valence-electron chi connectivity index (χ1n) is 10.1. The Kier molecular flexibility index (Phi) is 7.62. The predicted octanol–water partition coefficient (Wildman–Crippen LogP) is 6.82. The largest absolute Gasteiger partial charge is 0.493 e. The van der Waals surface area contributed by atoms with Gasteiger partial charge < -0.3 is 9.47 Å². The maximum atomic E-state index is 6.27. The number of benzene rings is 2. The average Bonchev–Trinajstić information content (AvgIpc) is 2.74. The topological polar surface area (TPSA) is 18.5 Å². The van der Waals surface area contributed by atoms with E-state index in [0.29, 0.717) is 25.0 Å². The number of ether oxygens (including phenoxy) is 2. The number of allylic oxidation sites excluding steroid dienone is 4. The summed E-state index contributed by atoms with van der Waals surface area (Å²) < 4.78 is 12.3. The molecule has 1 atom stereocenters. The molecule has 1 aliphatic carbocycles. The molecule has 0 aromatic heterocycles. The fourth-order valence-corrected chi connectivity index (χ4v) is 3.37. The van der Waals surface area contributed by atoms with Crippen molar-refractivity contribution in [1.82, 2.24) is 0 Å². The molecule has 0 amide bonds. The molecule has 0 radical (unpaired) electrons. The van der Waals surface area contributed by atoms with Gasteiger partial charge in [0.25, 0.3) is 0 Å². The lowest BCUT2D eigenvalue weighted by Gasteiger charge is -2.20. The summed E-state index contributed by atoms with van der Waals surface area (Å²) in [4.78, 5) is 0. The lowest BCUT2D eigenvalue weighted by Crippen LogP contribution is -2.05. The third-order valence-corrected chi connectivity index (χ3v) is 5.21. The van der Waals surface area contributed by atoms with Gasteiger partial charge in [0.05, 0.1) is 6.61 Å². The third kappa shape index (κ3) is 5.42. The molecule has 0 saturated heterocycles. The first-order chi connectivity index (χ1) is 13.7. The highest BCUT2D eigenvalue weighted by molar-refractivity contribution is 6.17. The monoisotopic (exact) mass is 396 g/mol. The van der Waals surface area contributed by atoms with Crippen LogP contribution in [0, 0.1) is 5.92 Å². The molecule has 1 unspecified atom stereocenters. The first kappa shape index (κ1) is 20.5. The van der Waals surface area contributed by atoms with Crippen molar-refractivity contribution in [3.05, 3.63) is 77.4 Å². The second kappa shape index (κ2) is 10.4. The summed E-state index contributed by atoms with van der Waals surface area (Å²) in [6.45, 7) is 5.55. The maximum Gasteiger partial charge on any atom is 0.131 e. The Morgan fingerprint density at radius 2 is 1.89 bits per heavy atom. The zero-order valence-electron chi connectivity index (χ0n) is 16.8. The Bertz CT molecular complexity index is 824. The van der Waals surface area contributed by atoms with Gasteiger partial charge in [-0.15, -0.1) is 11.6 Å². The van der Waals surface area contributed by atoms with E-state index in [-0.39, 0.29) is 0 Å². The molecule has 0 aliphatic heterocycles. The van der Waals surface area contributed by atoms with Crippen molar-refractivity contribution >= 4 is 17.2 Å². The summed E-state index contributed by atoms with van der Waals surface area (Å²) in [6, 6.07) is 14.5. The van der Waals surface area contributed by atoms with Crippen LogP contribution < -0.4 is 9.47 Å². The second-order valence-corrected chi connectivity index (χ2v) is 7.58. The van der Waals surface area contributed by atoms with Gasteiger partial charge in [-0.25, -0.2) is 0 Å². The molecule has 28 heavy (non-hydrogen) atoms. The highest BCUT2D eigenvalue weighted by Crippen LogP contribution is 2.37. The Morgan fingerprint density at radius 1 is 1.07 bits per heavy atom. The van der Waals surface area contributed by atoms with Gasteiger partial charge in [-0.2, -0.15) is 0 Å². The molecule has 2 aromatic carbocycles. The average molecular weight is 397 g/mol. The fourth-order valence-electron chi connectivity index (χ4n) is 3.26. The quantitative estimate of drug-likeness (QED) is 0.342. The van der Waals surface area contributed by atoms with Crippen LogP contribution in [0.4, 0.5) is 0 Å². The zero-order chi connectivity index (χ0) is 19.8. The van der Waals surface area contributed by atoms with Crippen molar-refractivity contribution in [1.29, 1.82) is 0 Å². The van der Waals surface area contributed by atoms with E-state index in [4.69, 9.17) is 21.1 Å². The smallest absolute Gasteiger partial charge is 0.131 e. The summed E-state index contributed by atoms with van der Waals surface area (Å²) in [6.07, 6.45) is 9.59. The predicted molar refractivity (Wildman–Crippen MR) is 118 cm³/mol. The Labute approximate surface area is 173 Å². The van der Waals surface area contributed by atoms with Crippen molar-refractivity contribution in [2.45, 2.75) is 39.7 Å². The van der Waals surface area contributed by atoms with E-state index in [2.05, 4.69) is 56.3 Å². The summed E-state index contributed by atoms with van der Waals surface area (Å²) in [5.74, 6) is 2.95. The lowest BCUT2D eigenvalue weighted by atomic mass is 9.92. The molecular weight excluding hydrogens is 368 g/mol. The molecule has 3 rings (SSSR count). The van der Waals surface area contributed by atoms with Crippen LogP contribution >= 0.6 is 11.6 Å². The van der Waals surface area contributed by atoms with E-state index in [9.17, 15) is 0 Å². The van der Waals surface area contributed by atoms with Gasteiger partial charge in [-0.1, -0.05) is 62.4 Å². The molecule has 0 saturated carbocycles. The number of hydrogen-bond acceptors (Lipinski definition) is 2. The van der Waals surface area contributed by atoms with Gasteiger partial charge in [-0.3, -0.25) is 0 Å². The van der Waals surface area contributed by atoms with E-state index >= 15 is 0 Å². The minimum atomic E-state index is 0.536. The van der Waals surface area contributed by atoms with Gasteiger partial charge in [0.15, 0.2) is 0 Å². The number of halogens is 1. The second-order valence-electron chi connectivity index (χ2n) is 7.21. The minimum Gasteiger partial charge on any atom is -0.493 e. The van der Waals surface area contributed by atoms with Crippen LogP contribution in [0.25, 0.3) is 5.57 Å². The van der Waals surface area contributed by atoms with Gasteiger partial charge >= 0.3 is 0 Å². The zero-order valence-corrected chi connectivity index (χ0v) is 17.5. The molecule has 0 heterocycles. The molecule has 2 aromatic rings. The standard InChI is InChI=1S/C25H29ClO2/c1-3-21-16-23(22-12-10-19(2)11-13-22)25(17-24(21)27-15-7-14-26)28-18-20-8-5-4-6-9-20/h4-6,8-10,12-13,16-17,19H,3,7,11,14-15,18H2,1-2H3. The minimum absolute atomic E-state index is 0.536. The van der Waals surface area contributed by atoms with Crippen LogP contribution in [0.15, 0.2) is 60.7 Å². The van der Waals surface area contributed by atoms with Crippen molar-refractivity contribution in [3.8, 4) is 11.5 Å². The SMILES string of the molecule is CCc1cc(C2=CCC(C)C=C2)c(OCc2ccccc2)cc1OCCCCl. The van der Waals surface area contributed by atoms with Crippen LogP contribution in [-0.4, -0.2) is 12.5 Å². The normalized spacial score (nSPS) is 16.0. The molecule has 148 valence electrons. The van der Waals surface area contributed by atoms with Gasteiger partial charge in [-0.05, 0) is 47.9 Å². The first-order valence-corrected chi connectivity index (χ1v) is 10.7. The van der Waals surface area contributed by atoms with Crippen LogP contribution in [0.2, 0.25) is 0 Å². The van der Waals surface area contributed by atoms with Crippen LogP contribution in [-0.2, 0) is 13.0 Å². The molecule has 3 heteroatoms. The molecule has 2 nitrogen and oxygen atoms in total. The van der Waals surface area contributed by atoms with Gasteiger partial charge in [0.1, 0.15) is 18.1 Å². The number of rotatable bonds is 9. The van der Waals surface area contributed by atoms with E-state index in [1.807, 2.05) is 18.2 Å².